The van der Waals surface area contributed by atoms with Gasteiger partial charge in [0.2, 0.25) is 0 Å². The number of amides is 4. The number of benzene rings is 11. The van der Waals surface area contributed by atoms with Gasteiger partial charge in [-0.25, -0.2) is 17.6 Å². The van der Waals surface area contributed by atoms with Gasteiger partial charge < -0.3 is 21.3 Å². The van der Waals surface area contributed by atoms with Gasteiger partial charge in [0.15, 0.2) is 46.5 Å². The molecule has 0 saturated carbocycles. The first-order valence-corrected chi connectivity index (χ1v) is 36.8. The van der Waals surface area contributed by atoms with E-state index < -0.39 is 93.5 Å². The SMILES string of the molecule is Cc1cccc(C(=O)Nc2nn(Cc3ccc(C(F)(F)F)cc3)c3ccccc23)c1.O=C(Nc1nn(Cc2ccc(C(F)(F)F)cc2)c2ccccc12)c1cc(Cl)ccn1.O=C(Nc1nn(Cc2ccc(C(F)(F)F)cc2)c2ccccc12)c1ccc(F)c(F)c1.O=C(Nc1nn(Cc2ccc(C(F)(F)F)cc2)c2ccccc12)c1cccc(F)c1F. The summed E-state index contributed by atoms with van der Waals surface area (Å²) in [6.07, 6.45) is -16.2. The van der Waals surface area contributed by atoms with Crippen LogP contribution < -0.4 is 21.3 Å². The zero-order chi connectivity index (χ0) is 87.0. The average molecular weight is 1700 g/mol. The number of fused-ring (bicyclic) bond motifs is 4. The van der Waals surface area contributed by atoms with Crippen molar-refractivity contribution in [3.63, 3.8) is 0 Å². The molecule has 0 radical (unpaired) electrons. The summed E-state index contributed by atoms with van der Waals surface area (Å²) in [5.74, 6) is -5.88. The fourth-order valence-corrected chi connectivity index (χ4v) is 12.7. The van der Waals surface area contributed by atoms with Crippen molar-refractivity contribution >= 4 is 102 Å². The number of hydrogen-bond acceptors (Lipinski definition) is 9. The molecule has 122 heavy (non-hydrogen) atoms. The lowest BCUT2D eigenvalue weighted by molar-refractivity contribution is -0.138. The van der Waals surface area contributed by atoms with Gasteiger partial charge in [0.1, 0.15) is 5.69 Å². The van der Waals surface area contributed by atoms with Crippen LogP contribution in [0.25, 0.3) is 43.6 Å². The number of nitrogens with one attached hydrogen (secondary N) is 4. The average Bonchev–Trinajstić information content (AvgIpc) is 1.66. The van der Waals surface area contributed by atoms with Crippen molar-refractivity contribution in [2.24, 2.45) is 0 Å². The first-order valence-electron chi connectivity index (χ1n) is 36.4. The van der Waals surface area contributed by atoms with Crippen LogP contribution in [-0.4, -0.2) is 67.7 Å². The van der Waals surface area contributed by atoms with Gasteiger partial charge in [-0.1, -0.05) is 132 Å². The second-order valence-electron chi connectivity index (χ2n) is 27.1. The molecule has 5 heterocycles. The van der Waals surface area contributed by atoms with Gasteiger partial charge in [0.05, 0.1) is 76.1 Å². The maximum absolute atomic E-state index is 13.9. The number of carbonyl (C=O) groups is 4. The van der Waals surface area contributed by atoms with Crippen LogP contribution >= 0.6 is 11.6 Å². The molecule has 16 rings (SSSR count). The van der Waals surface area contributed by atoms with Crippen LogP contribution in [0, 0.1) is 30.2 Å². The Hall–Kier alpha value is -14.5. The zero-order valence-electron chi connectivity index (χ0n) is 62.9. The molecule has 11 aromatic carbocycles. The summed E-state index contributed by atoms with van der Waals surface area (Å²) in [4.78, 5) is 54.1. The third-order valence-electron chi connectivity index (χ3n) is 18.6. The Balaban J connectivity index is 0.000000140. The predicted molar refractivity (Wildman–Crippen MR) is 426 cm³/mol. The van der Waals surface area contributed by atoms with Crippen molar-refractivity contribution in [1.29, 1.82) is 0 Å². The maximum Gasteiger partial charge on any atom is 0.416 e. The third kappa shape index (κ3) is 20.6. The third-order valence-corrected chi connectivity index (χ3v) is 18.9. The number of rotatable bonds is 16. The van der Waals surface area contributed by atoms with Crippen molar-refractivity contribution < 1.29 is 89.4 Å². The van der Waals surface area contributed by atoms with Crippen molar-refractivity contribution in [3.8, 4) is 0 Å². The Morgan fingerprint density at radius 3 is 0.992 bits per heavy atom. The standard InChI is InChI=1S/C23H18F3N3O.2C22H14F5N3O.C21H14ClF3N4O/c1-15-5-4-6-17(13-15)22(30)27-21-19-7-2-3-8-20(19)29(28-21)14-16-9-11-18(12-10-16)23(24,25)26;23-17-6-3-5-16(19(17)24)21(31)28-20-15-4-1-2-7-18(15)30(29-20)12-13-8-10-14(11-9-13)22(25,26)27;23-17-10-7-14(11-18(17)24)21(31)28-20-16-3-1-2-4-19(16)30(29-20)12-13-5-8-15(9-6-13)22(25,26)27;22-15-9-10-26-17(11-15)20(30)27-19-16-3-1-2-4-18(16)29(28-19)12-13-5-7-14(8-6-13)21(23,24)25/h2-13H,14H2,1H3,(H,27,28,30);2*1-11H,12H2,(H,28,29,31);1-11H,12H2,(H,27,28,30). The second-order valence-corrected chi connectivity index (χ2v) is 27.6. The van der Waals surface area contributed by atoms with Crippen molar-refractivity contribution in [2.45, 2.75) is 57.8 Å². The van der Waals surface area contributed by atoms with Crippen molar-refractivity contribution in [3.05, 3.63) is 374 Å². The summed E-state index contributed by atoms with van der Waals surface area (Å²) in [5.41, 5.74) is 3.40. The Morgan fingerprint density at radius 1 is 0.328 bits per heavy atom. The van der Waals surface area contributed by atoms with E-state index in [1.54, 1.807) is 92.9 Å². The Labute approximate surface area is 685 Å². The highest BCUT2D eigenvalue weighted by Gasteiger charge is 2.34. The molecule has 0 aliphatic rings. The molecule has 4 amide bonds. The van der Waals surface area contributed by atoms with Crippen molar-refractivity contribution in [1.82, 2.24) is 44.1 Å². The summed E-state index contributed by atoms with van der Waals surface area (Å²) < 4.78 is 214. The summed E-state index contributed by atoms with van der Waals surface area (Å²) in [6.45, 7) is 2.73. The maximum atomic E-state index is 13.9. The first-order chi connectivity index (χ1) is 58.1. The molecule has 0 spiro atoms. The van der Waals surface area contributed by atoms with Gasteiger partial charge in [-0.2, -0.15) is 73.1 Å². The fourth-order valence-electron chi connectivity index (χ4n) is 12.6. The Bertz CT molecular complexity index is 6330. The highest BCUT2D eigenvalue weighted by molar-refractivity contribution is 6.31. The molecule has 0 unspecified atom stereocenters. The van der Waals surface area contributed by atoms with Crippen LogP contribution in [0.4, 0.5) is 93.5 Å². The molecular weight excluding hydrogens is 1640 g/mol. The van der Waals surface area contributed by atoms with Crippen LogP contribution in [0.5, 0.6) is 0 Å². The van der Waals surface area contributed by atoms with E-state index in [-0.39, 0.29) is 55.0 Å². The van der Waals surface area contributed by atoms with Crippen molar-refractivity contribution in [2.75, 3.05) is 21.3 Å². The smallest absolute Gasteiger partial charge is 0.305 e. The van der Waals surface area contributed by atoms with Crippen LogP contribution in [-0.2, 0) is 50.9 Å². The molecule has 0 aliphatic heterocycles. The summed E-state index contributed by atoms with van der Waals surface area (Å²) in [7, 11) is 0. The molecular formula is C88H60ClF16N13O4. The van der Waals surface area contributed by atoms with Gasteiger partial charge in [-0.05, 0) is 181 Å². The number of anilines is 4. The van der Waals surface area contributed by atoms with Gasteiger partial charge in [0.25, 0.3) is 23.6 Å². The molecule has 620 valence electrons. The quantitative estimate of drug-likeness (QED) is 0.0679. The van der Waals surface area contributed by atoms with Crippen LogP contribution in [0.1, 0.15) is 91.6 Å². The summed E-state index contributed by atoms with van der Waals surface area (Å²) in [5, 5.41) is 31.2. The van der Waals surface area contributed by atoms with E-state index in [0.717, 1.165) is 101 Å². The van der Waals surface area contributed by atoms with E-state index in [1.165, 1.54) is 71.5 Å². The zero-order valence-corrected chi connectivity index (χ0v) is 63.6. The summed E-state index contributed by atoms with van der Waals surface area (Å²) in [6, 6.07) is 64.0. The van der Waals surface area contributed by atoms with E-state index >= 15 is 0 Å². The van der Waals surface area contributed by atoms with Gasteiger partial charge in [-0.3, -0.25) is 42.9 Å². The molecule has 0 aliphatic carbocycles. The van der Waals surface area contributed by atoms with Gasteiger partial charge >= 0.3 is 24.7 Å². The summed E-state index contributed by atoms with van der Waals surface area (Å²) >= 11 is 5.91. The number of hydrogen-bond donors (Lipinski definition) is 4. The van der Waals surface area contributed by atoms with Gasteiger partial charge in [0, 0.05) is 43.9 Å². The number of para-hydroxylation sites is 4. The van der Waals surface area contributed by atoms with Gasteiger partial charge in [-0.15, -0.1) is 0 Å². The van der Waals surface area contributed by atoms with E-state index in [0.29, 0.717) is 71.7 Å². The number of aromatic nitrogens is 9. The number of aryl methyl sites for hydroxylation is 1. The number of halogens is 17. The highest BCUT2D eigenvalue weighted by Crippen LogP contribution is 2.36. The molecule has 0 atom stereocenters. The largest absolute Gasteiger partial charge is 0.416 e. The number of nitrogens with zero attached hydrogens (tertiary/aromatic N) is 9. The number of carbonyl (C=O) groups excluding carboxylic acids is 4. The van der Waals surface area contributed by atoms with Crippen LogP contribution in [0.15, 0.2) is 273 Å². The molecule has 0 bridgehead atoms. The molecule has 0 saturated heterocycles. The monoisotopic (exact) mass is 1700 g/mol. The first kappa shape index (κ1) is 85.4. The minimum Gasteiger partial charge on any atom is -0.305 e. The molecule has 5 aromatic heterocycles. The molecule has 0 fully saturated rings. The Kier molecular flexibility index (Phi) is 25.2. The lowest BCUT2D eigenvalue weighted by Crippen LogP contribution is -2.15. The van der Waals surface area contributed by atoms with E-state index in [4.69, 9.17) is 11.6 Å². The minimum atomic E-state index is -4.43. The molecule has 16 aromatic rings. The van der Waals surface area contributed by atoms with Crippen LogP contribution in [0.3, 0.4) is 0 Å². The van der Waals surface area contributed by atoms with E-state index in [9.17, 15) is 89.4 Å². The molecule has 34 heteroatoms. The topological polar surface area (TPSA) is 201 Å². The lowest BCUT2D eigenvalue weighted by atomic mass is 10.1. The molecule has 17 nitrogen and oxygen atoms in total. The lowest BCUT2D eigenvalue weighted by Gasteiger charge is -2.08. The Morgan fingerprint density at radius 2 is 0.656 bits per heavy atom. The number of pyridine rings is 1. The van der Waals surface area contributed by atoms with Crippen LogP contribution in [0.2, 0.25) is 5.02 Å². The second kappa shape index (κ2) is 36.0. The van der Waals surface area contributed by atoms with E-state index in [1.807, 2.05) is 55.5 Å². The fraction of sp³-hybridized carbons (Fsp3) is 0.102. The number of alkyl halides is 12. The molecule has 4 N–H and O–H groups in total. The predicted octanol–water partition coefficient (Wildman–Crippen LogP) is 22.3. The normalized spacial score (nSPS) is 11.6. The highest BCUT2D eigenvalue weighted by atomic mass is 35.5. The minimum absolute atomic E-state index is 0.0831. The van der Waals surface area contributed by atoms with E-state index in [2.05, 4.69) is 46.6 Å².